The number of carbonyl (C=O) groups excluding carboxylic acids is 3. The number of methoxy groups -OCH3 is 2. The summed E-state index contributed by atoms with van der Waals surface area (Å²) >= 11 is 0. The van der Waals surface area contributed by atoms with Crippen LogP contribution in [0.3, 0.4) is 0 Å². The highest BCUT2D eigenvalue weighted by molar-refractivity contribution is 6.13. The summed E-state index contributed by atoms with van der Waals surface area (Å²) in [4.78, 5) is 39.6. The maximum atomic E-state index is 12.9. The second kappa shape index (κ2) is 8.59. The van der Waals surface area contributed by atoms with E-state index in [0.717, 1.165) is 32.1 Å². The molecular weight excluding hydrogens is 350 g/mol. The third-order valence-electron chi connectivity index (χ3n) is 5.57. The number of hydrogen-bond donors (Lipinski definition) is 0. The Hall–Kier alpha value is -2.31. The van der Waals surface area contributed by atoms with Gasteiger partial charge in [-0.15, -0.1) is 0 Å². The van der Waals surface area contributed by atoms with E-state index in [2.05, 4.69) is 0 Å². The molecule has 2 heterocycles. The molecule has 0 radical (unpaired) electrons. The molecule has 3 rings (SSSR count). The van der Waals surface area contributed by atoms with Gasteiger partial charge < -0.3 is 18.8 Å². The summed E-state index contributed by atoms with van der Waals surface area (Å²) in [7, 11) is 2.46. The number of carbonyl (C=O) groups is 3. The van der Waals surface area contributed by atoms with Crippen LogP contribution >= 0.6 is 0 Å². The number of esters is 2. The van der Waals surface area contributed by atoms with E-state index in [1.54, 1.807) is 0 Å². The Morgan fingerprint density at radius 2 is 1.56 bits per heavy atom. The van der Waals surface area contributed by atoms with Gasteiger partial charge in [-0.05, 0) is 25.2 Å². The highest BCUT2D eigenvalue weighted by Gasteiger charge is 2.37. The molecule has 7 heteroatoms. The summed E-state index contributed by atoms with van der Waals surface area (Å²) in [6, 6.07) is 0. The summed E-state index contributed by atoms with van der Waals surface area (Å²) in [5, 5.41) is 0. The fourth-order valence-electron chi connectivity index (χ4n) is 4.09. The van der Waals surface area contributed by atoms with Crippen LogP contribution in [-0.4, -0.2) is 45.0 Å². The molecule has 0 aromatic carbocycles. The van der Waals surface area contributed by atoms with E-state index in [9.17, 15) is 14.4 Å². The van der Waals surface area contributed by atoms with Gasteiger partial charge in [-0.3, -0.25) is 4.79 Å². The maximum absolute atomic E-state index is 12.9. The fraction of sp³-hybridized carbons (Fsp3) is 0.650. The van der Waals surface area contributed by atoms with E-state index in [4.69, 9.17) is 13.9 Å². The van der Waals surface area contributed by atoms with Crippen molar-refractivity contribution in [2.75, 3.05) is 32.2 Å². The average molecular weight is 377 g/mol. The van der Waals surface area contributed by atoms with Gasteiger partial charge >= 0.3 is 11.9 Å². The number of anilines is 1. The minimum absolute atomic E-state index is 0.00420. The molecule has 0 atom stereocenters. The molecule has 27 heavy (non-hydrogen) atoms. The molecule has 0 bridgehead atoms. The monoisotopic (exact) mass is 377 g/mol. The van der Waals surface area contributed by atoms with Crippen molar-refractivity contribution in [1.29, 1.82) is 0 Å². The van der Waals surface area contributed by atoms with Crippen molar-refractivity contribution in [3.63, 3.8) is 0 Å². The Bertz CT molecular complexity index is 710. The van der Waals surface area contributed by atoms with Crippen LogP contribution in [0.4, 0.5) is 5.88 Å². The van der Waals surface area contributed by atoms with Crippen LogP contribution in [0, 0.1) is 5.92 Å². The SMILES string of the molecule is COC(=O)c1c(C(=O)CCC2CCCC2)oc(N2CCCC2)c1C(=O)OC. The third kappa shape index (κ3) is 4.01. The van der Waals surface area contributed by atoms with Gasteiger partial charge in [0.2, 0.25) is 5.88 Å². The summed E-state index contributed by atoms with van der Waals surface area (Å²) in [6.45, 7) is 1.40. The van der Waals surface area contributed by atoms with E-state index in [-0.39, 0.29) is 28.6 Å². The van der Waals surface area contributed by atoms with Gasteiger partial charge in [0.1, 0.15) is 11.1 Å². The van der Waals surface area contributed by atoms with E-state index in [1.165, 1.54) is 27.1 Å². The maximum Gasteiger partial charge on any atom is 0.344 e. The normalized spacial score (nSPS) is 17.3. The van der Waals surface area contributed by atoms with Gasteiger partial charge in [-0.2, -0.15) is 0 Å². The summed E-state index contributed by atoms with van der Waals surface area (Å²) in [5.74, 6) is -1.02. The van der Waals surface area contributed by atoms with Gasteiger partial charge in [0.25, 0.3) is 0 Å². The zero-order chi connectivity index (χ0) is 19.4. The molecule has 7 nitrogen and oxygen atoms in total. The zero-order valence-electron chi connectivity index (χ0n) is 16.0. The molecule has 0 N–H and O–H groups in total. The summed E-state index contributed by atoms with van der Waals surface area (Å²) in [6.07, 6.45) is 7.68. The molecule has 1 aliphatic carbocycles. The average Bonchev–Trinajstić information content (AvgIpc) is 3.44. The Kier molecular flexibility index (Phi) is 6.19. The van der Waals surface area contributed by atoms with Gasteiger partial charge in [-0.25, -0.2) is 9.59 Å². The van der Waals surface area contributed by atoms with Crippen LogP contribution in [0.15, 0.2) is 4.42 Å². The van der Waals surface area contributed by atoms with Crippen LogP contribution < -0.4 is 4.90 Å². The first-order valence-electron chi connectivity index (χ1n) is 9.68. The Morgan fingerprint density at radius 1 is 0.963 bits per heavy atom. The van der Waals surface area contributed by atoms with E-state index >= 15 is 0 Å². The topological polar surface area (TPSA) is 86.1 Å². The van der Waals surface area contributed by atoms with Gasteiger partial charge in [-0.1, -0.05) is 25.7 Å². The lowest BCUT2D eigenvalue weighted by molar-refractivity contribution is 0.0555. The Balaban J connectivity index is 1.96. The first kappa shape index (κ1) is 19.5. The second-order valence-corrected chi connectivity index (χ2v) is 7.28. The van der Waals surface area contributed by atoms with Gasteiger partial charge in [0.15, 0.2) is 11.5 Å². The van der Waals surface area contributed by atoms with Crippen LogP contribution in [0.5, 0.6) is 0 Å². The second-order valence-electron chi connectivity index (χ2n) is 7.28. The number of hydrogen-bond acceptors (Lipinski definition) is 7. The molecule has 1 aromatic rings. The lowest BCUT2D eigenvalue weighted by Gasteiger charge is -2.15. The molecule has 148 valence electrons. The first-order chi connectivity index (χ1) is 13.1. The Morgan fingerprint density at radius 3 is 2.15 bits per heavy atom. The van der Waals surface area contributed by atoms with Crippen molar-refractivity contribution in [3.05, 3.63) is 16.9 Å². The van der Waals surface area contributed by atoms with E-state index < -0.39 is 11.9 Å². The standard InChI is InChI=1S/C20H27NO6/c1-25-19(23)15-16(20(24)26-2)18(21-11-5-6-12-21)27-17(15)14(22)10-9-13-7-3-4-8-13/h13H,3-12H2,1-2H3. The number of rotatable bonds is 7. The largest absolute Gasteiger partial charge is 0.465 e. The molecule has 2 aliphatic rings. The minimum Gasteiger partial charge on any atom is -0.465 e. The third-order valence-corrected chi connectivity index (χ3v) is 5.57. The van der Waals surface area contributed by atoms with E-state index in [1.807, 2.05) is 4.90 Å². The van der Waals surface area contributed by atoms with Crippen LogP contribution in [0.1, 0.15) is 82.6 Å². The van der Waals surface area contributed by atoms with Crippen molar-refractivity contribution < 1.29 is 28.3 Å². The lowest BCUT2D eigenvalue weighted by atomic mass is 9.98. The highest BCUT2D eigenvalue weighted by Crippen LogP contribution is 2.35. The number of ether oxygens (including phenoxy) is 2. The molecule has 0 spiro atoms. The van der Waals surface area contributed by atoms with Crippen LogP contribution in [-0.2, 0) is 9.47 Å². The van der Waals surface area contributed by atoms with Gasteiger partial charge in [0.05, 0.1) is 14.2 Å². The zero-order valence-corrected chi connectivity index (χ0v) is 16.0. The summed E-state index contributed by atoms with van der Waals surface area (Å²) < 4.78 is 15.5. The van der Waals surface area contributed by atoms with Crippen molar-refractivity contribution in [2.24, 2.45) is 5.92 Å². The van der Waals surface area contributed by atoms with Gasteiger partial charge in [0, 0.05) is 19.5 Å². The molecule has 2 fully saturated rings. The molecular formula is C20H27NO6. The quantitative estimate of drug-likeness (QED) is 0.530. The Labute approximate surface area is 159 Å². The van der Waals surface area contributed by atoms with Crippen molar-refractivity contribution >= 4 is 23.6 Å². The first-order valence-corrected chi connectivity index (χ1v) is 9.68. The predicted octanol–water partition coefficient (Wildman–Crippen LogP) is 3.61. The smallest absolute Gasteiger partial charge is 0.344 e. The van der Waals surface area contributed by atoms with E-state index in [0.29, 0.717) is 25.4 Å². The molecule has 0 amide bonds. The van der Waals surface area contributed by atoms with Crippen molar-refractivity contribution in [2.45, 2.75) is 51.4 Å². The highest BCUT2D eigenvalue weighted by atomic mass is 16.5. The predicted molar refractivity (Wildman–Crippen MR) is 98.4 cm³/mol. The summed E-state index contributed by atoms with van der Waals surface area (Å²) in [5.41, 5.74) is -0.113. The van der Waals surface area contributed by atoms with Crippen LogP contribution in [0.25, 0.3) is 0 Å². The van der Waals surface area contributed by atoms with Crippen molar-refractivity contribution in [3.8, 4) is 0 Å². The molecule has 1 aromatic heterocycles. The number of nitrogens with zero attached hydrogens (tertiary/aromatic N) is 1. The van der Waals surface area contributed by atoms with Crippen molar-refractivity contribution in [1.82, 2.24) is 0 Å². The molecule has 1 saturated heterocycles. The lowest BCUT2D eigenvalue weighted by Crippen LogP contribution is -2.21. The number of Topliss-reactive ketones (excluding diaryl/α,β-unsaturated/α-hetero) is 1. The molecule has 1 saturated carbocycles. The molecule has 0 unspecified atom stereocenters. The minimum atomic E-state index is -0.756. The number of ketones is 1. The fourth-order valence-corrected chi connectivity index (χ4v) is 4.09. The number of furan rings is 1. The van der Waals surface area contributed by atoms with Crippen LogP contribution in [0.2, 0.25) is 0 Å². The molecule has 1 aliphatic heterocycles.